The summed E-state index contributed by atoms with van der Waals surface area (Å²) in [5.41, 5.74) is 2.42. The highest BCUT2D eigenvalue weighted by Crippen LogP contribution is 2.23. The monoisotopic (exact) mass is 263 g/mol. The van der Waals surface area contributed by atoms with Crippen LogP contribution < -0.4 is 15.0 Å². The number of hydrogen-bond acceptors (Lipinski definition) is 4. The Bertz CT molecular complexity index is 422. The molecule has 0 aromatic heterocycles. The van der Waals surface area contributed by atoms with Crippen molar-refractivity contribution in [1.82, 2.24) is 10.2 Å². The number of benzene rings is 1. The third-order valence-electron chi connectivity index (χ3n) is 3.77. The Balaban J connectivity index is 1.99. The van der Waals surface area contributed by atoms with E-state index < -0.39 is 0 Å². The first-order valence-corrected chi connectivity index (χ1v) is 6.88. The van der Waals surface area contributed by atoms with E-state index in [0.29, 0.717) is 6.04 Å². The summed E-state index contributed by atoms with van der Waals surface area (Å²) in [7, 11) is 6.05. The number of nitrogens with one attached hydrogen (secondary N) is 1. The van der Waals surface area contributed by atoms with Crippen molar-refractivity contribution in [1.29, 1.82) is 0 Å². The molecule has 0 amide bonds. The summed E-state index contributed by atoms with van der Waals surface area (Å²) in [5, 5.41) is 3.58. The van der Waals surface area contributed by atoms with Gasteiger partial charge in [-0.15, -0.1) is 0 Å². The van der Waals surface area contributed by atoms with Crippen LogP contribution in [0.3, 0.4) is 0 Å². The molecule has 1 aromatic carbocycles. The number of ether oxygens (including phenoxy) is 1. The van der Waals surface area contributed by atoms with Gasteiger partial charge in [-0.25, -0.2) is 0 Å². The van der Waals surface area contributed by atoms with Crippen molar-refractivity contribution >= 4 is 5.69 Å². The molecule has 4 nitrogen and oxygen atoms in total. The Hall–Kier alpha value is -1.26. The van der Waals surface area contributed by atoms with Gasteiger partial charge in [0.2, 0.25) is 0 Å². The number of likely N-dealkylation sites (N-methyl/N-ethyl adjacent to an activating group) is 2. The topological polar surface area (TPSA) is 27.7 Å². The van der Waals surface area contributed by atoms with Crippen LogP contribution in [0.15, 0.2) is 18.2 Å². The van der Waals surface area contributed by atoms with Gasteiger partial charge >= 0.3 is 0 Å². The van der Waals surface area contributed by atoms with E-state index in [0.717, 1.165) is 31.9 Å². The molecule has 0 radical (unpaired) electrons. The molecule has 1 atom stereocenters. The van der Waals surface area contributed by atoms with E-state index in [1.54, 1.807) is 7.11 Å². The first kappa shape index (κ1) is 14.2. The standard InChI is InChI=1S/C15H25N3O/c1-12-9-14(5-6-15(12)19-4)18(3)11-13-10-17(2)8-7-16-13/h5-6,9,13,16H,7-8,10-11H2,1-4H3. The molecule has 0 spiro atoms. The quantitative estimate of drug-likeness (QED) is 0.887. The van der Waals surface area contributed by atoms with Gasteiger partial charge in [0.15, 0.2) is 0 Å². The summed E-state index contributed by atoms with van der Waals surface area (Å²) >= 11 is 0. The van der Waals surface area contributed by atoms with E-state index in [1.807, 2.05) is 6.07 Å². The Kier molecular flexibility index (Phi) is 4.66. The molecule has 1 fully saturated rings. The molecule has 1 N–H and O–H groups in total. The number of hydrogen-bond donors (Lipinski definition) is 1. The number of nitrogens with zero attached hydrogens (tertiary/aromatic N) is 2. The van der Waals surface area contributed by atoms with Crippen LogP contribution in [0.4, 0.5) is 5.69 Å². The highest BCUT2D eigenvalue weighted by atomic mass is 16.5. The highest BCUT2D eigenvalue weighted by Gasteiger charge is 2.18. The smallest absolute Gasteiger partial charge is 0.121 e. The minimum absolute atomic E-state index is 0.533. The van der Waals surface area contributed by atoms with Gasteiger partial charge in [0, 0.05) is 45.0 Å². The maximum Gasteiger partial charge on any atom is 0.121 e. The summed E-state index contributed by atoms with van der Waals surface area (Å²) in [6.07, 6.45) is 0. The van der Waals surface area contributed by atoms with Crippen molar-refractivity contribution in [3.63, 3.8) is 0 Å². The maximum atomic E-state index is 5.31. The lowest BCUT2D eigenvalue weighted by Gasteiger charge is -2.34. The van der Waals surface area contributed by atoms with Gasteiger partial charge in [-0.3, -0.25) is 0 Å². The second-order valence-corrected chi connectivity index (χ2v) is 5.45. The average molecular weight is 263 g/mol. The van der Waals surface area contributed by atoms with Crippen molar-refractivity contribution in [2.75, 3.05) is 52.3 Å². The Morgan fingerprint density at radius 2 is 2.26 bits per heavy atom. The molecule has 2 rings (SSSR count). The van der Waals surface area contributed by atoms with Crippen LogP contribution in [0, 0.1) is 6.92 Å². The minimum Gasteiger partial charge on any atom is -0.496 e. The molecule has 0 aliphatic carbocycles. The molecule has 1 aliphatic heterocycles. The van der Waals surface area contributed by atoms with E-state index >= 15 is 0 Å². The van der Waals surface area contributed by atoms with Crippen molar-refractivity contribution < 1.29 is 4.74 Å². The second kappa shape index (κ2) is 6.26. The van der Waals surface area contributed by atoms with Crippen LogP contribution in [0.25, 0.3) is 0 Å². The molecule has 4 heteroatoms. The molecule has 106 valence electrons. The molecule has 1 saturated heterocycles. The third kappa shape index (κ3) is 3.61. The van der Waals surface area contributed by atoms with Crippen LogP contribution in [0.5, 0.6) is 5.75 Å². The second-order valence-electron chi connectivity index (χ2n) is 5.45. The van der Waals surface area contributed by atoms with E-state index in [9.17, 15) is 0 Å². The number of piperazine rings is 1. The van der Waals surface area contributed by atoms with Gasteiger partial charge in [0.25, 0.3) is 0 Å². The zero-order valence-electron chi connectivity index (χ0n) is 12.4. The Labute approximate surface area is 116 Å². The van der Waals surface area contributed by atoms with E-state index in [1.165, 1.54) is 11.3 Å². The highest BCUT2D eigenvalue weighted by molar-refractivity contribution is 5.52. The predicted molar refractivity (Wildman–Crippen MR) is 80.3 cm³/mol. The number of anilines is 1. The van der Waals surface area contributed by atoms with Crippen molar-refractivity contribution in [2.45, 2.75) is 13.0 Å². The van der Waals surface area contributed by atoms with Crippen LogP contribution >= 0.6 is 0 Å². The molecule has 1 aromatic rings. The van der Waals surface area contributed by atoms with Crippen LogP contribution in [0.1, 0.15) is 5.56 Å². The molecule has 1 unspecified atom stereocenters. The fourth-order valence-corrected chi connectivity index (χ4v) is 2.65. The van der Waals surface area contributed by atoms with E-state index in [-0.39, 0.29) is 0 Å². The lowest BCUT2D eigenvalue weighted by atomic mass is 10.1. The predicted octanol–water partition coefficient (Wildman–Crippen LogP) is 1.34. The van der Waals surface area contributed by atoms with Crippen molar-refractivity contribution in [2.24, 2.45) is 0 Å². The van der Waals surface area contributed by atoms with Gasteiger partial charge in [-0.1, -0.05) is 0 Å². The third-order valence-corrected chi connectivity index (χ3v) is 3.77. The molecule has 0 saturated carbocycles. The summed E-state index contributed by atoms with van der Waals surface area (Å²) in [4.78, 5) is 4.69. The van der Waals surface area contributed by atoms with Gasteiger partial charge in [-0.05, 0) is 37.7 Å². The van der Waals surface area contributed by atoms with E-state index in [4.69, 9.17) is 4.74 Å². The summed E-state index contributed by atoms with van der Waals surface area (Å²) in [5.74, 6) is 0.952. The van der Waals surface area contributed by atoms with Crippen LogP contribution in [-0.4, -0.2) is 58.3 Å². The summed E-state index contributed by atoms with van der Waals surface area (Å²) in [6, 6.07) is 6.89. The molecule has 1 heterocycles. The summed E-state index contributed by atoms with van der Waals surface area (Å²) < 4.78 is 5.31. The zero-order valence-corrected chi connectivity index (χ0v) is 12.4. The lowest BCUT2D eigenvalue weighted by Crippen LogP contribution is -2.53. The van der Waals surface area contributed by atoms with Crippen LogP contribution in [-0.2, 0) is 0 Å². The fraction of sp³-hybridized carbons (Fsp3) is 0.600. The maximum absolute atomic E-state index is 5.31. The molecule has 19 heavy (non-hydrogen) atoms. The van der Waals surface area contributed by atoms with Gasteiger partial charge in [0.05, 0.1) is 7.11 Å². The summed E-state index contributed by atoms with van der Waals surface area (Å²) in [6.45, 7) is 6.44. The number of aryl methyl sites for hydroxylation is 1. The average Bonchev–Trinajstić information content (AvgIpc) is 2.38. The molecule has 1 aliphatic rings. The Morgan fingerprint density at radius 1 is 1.47 bits per heavy atom. The lowest BCUT2D eigenvalue weighted by molar-refractivity contribution is 0.241. The fourth-order valence-electron chi connectivity index (χ4n) is 2.65. The molecule has 0 bridgehead atoms. The minimum atomic E-state index is 0.533. The zero-order chi connectivity index (χ0) is 13.8. The normalized spacial score (nSPS) is 20.3. The van der Waals surface area contributed by atoms with Gasteiger partial charge < -0.3 is 19.9 Å². The first-order valence-electron chi connectivity index (χ1n) is 6.88. The van der Waals surface area contributed by atoms with Crippen molar-refractivity contribution in [3.05, 3.63) is 23.8 Å². The van der Waals surface area contributed by atoms with E-state index in [2.05, 4.69) is 48.3 Å². The Morgan fingerprint density at radius 3 is 2.89 bits per heavy atom. The van der Waals surface area contributed by atoms with Crippen molar-refractivity contribution in [3.8, 4) is 5.75 Å². The largest absolute Gasteiger partial charge is 0.496 e. The number of methoxy groups -OCH3 is 1. The SMILES string of the molecule is COc1ccc(N(C)CC2CN(C)CCN2)cc1C. The van der Waals surface area contributed by atoms with Gasteiger partial charge in [-0.2, -0.15) is 0 Å². The van der Waals surface area contributed by atoms with Gasteiger partial charge in [0.1, 0.15) is 5.75 Å². The number of rotatable bonds is 4. The van der Waals surface area contributed by atoms with Crippen LogP contribution in [0.2, 0.25) is 0 Å². The first-order chi connectivity index (χ1) is 9.10. The molecular weight excluding hydrogens is 238 g/mol. The molecular formula is C15H25N3O.